The topological polar surface area (TPSA) is 80.6 Å². The molecule has 0 aliphatic carbocycles. The van der Waals surface area contributed by atoms with Gasteiger partial charge in [0.2, 0.25) is 0 Å². The molecule has 0 spiro atoms. The molecule has 25 heavy (non-hydrogen) atoms. The fourth-order valence-corrected chi connectivity index (χ4v) is 2.83. The number of methoxy groups -OCH3 is 1. The molecule has 0 aliphatic rings. The molecule has 0 fully saturated rings. The van der Waals surface area contributed by atoms with Gasteiger partial charge in [0, 0.05) is 29.5 Å². The van der Waals surface area contributed by atoms with E-state index in [0.717, 1.165) is 22.8 Å². The predicted molar refractivity (Wildman–Crippen MR) is 95.6 cm³/mol. The predicted octanol–water partition coefficient (Wildman–Crippen LogP) is 3.09. The molecule has 2 aromatic rings. The number of carbonyl (C=O) groups is 2. The number of nitrogens with zero attached hydrogens (tertiary/aromatic N) is 1. The highest BCUT2D eigenvalue weighted by Crippen LogP contribution is 2.23. The van der Waals surface area contributed by atoms with E-state index in [-0.39, 0.29) is 18.4 Å². The standard InChI is InChI=1S/C19H24N2O4/c1-12(5-10-18(22)23)20-19(24)17-11-13(2)21(14(17)3)15-6-8-16(25-4)9-7-15/h6-9,11-12H,5,10H2,1-4H3,(H,20,24)(H,22,23). The average molecular weight is 344 g/mol. The first-order valence-electron chi connectivity index (χ1n) is 8.19. The van der Waals surface area contributed by atoms with Gasteiger partial charge in [-0.25, -0.2) is 0 Å². The van der Waals surface area contributed by atoms with Crippen LogP contribution in [0, 0.1) is 13.8 Å². The van der Waals surface area contributed by atoms with Gasteiger partial charge in [0.1, 0.15) is 5.75 Å². The molecule has 0 radical (unpaired) electrons. The Bertz CT molecular complexity index is 762. The quantitative estimate of drug-likeness (QED) is 0.809. The number of carbonyl (C=O) groups excluding carboxylic acids is 1. The summed E-state index contributed by atoms with van der Waals surface area (Å²) in [5.74, 6) is -0.277. The maximum Gasteiger partial charge on any atom is 0.303 e. The Balaban J connectivity index is 2.20. The average Bonchev–Trinajstić information content (AvgIpc) is 2.88. The summed E-state index contributed by atoms with van der Waals surface area (Å²) < 4.78 is 7.19. The number of amides is 1. The van der Waals surface area contributed by atoms with E-state index in [0.29, 0.717) is 12.0 Å². The summed E-state index contributed by atoms with van der Waals surface area (Å²) in [5, 5.41) is 11.6. The summed E-state index contributed by atoms with van der Waals surface area (Å²) in [6.45, 7) is 5.65. The summed E-state index contributed by atoms with van der Waals surface area (Å²) in [5.41, 5.74) is 3.33. The van der Waals surface area contributed by atoms with Crippen LogP contribution in [0.1, 0.15) is 41.5 Å². The summed E-state index contributed by atoms with van der Waals surface area (Å²) in [7, 11) is 1.62. The van der Waals surface area contributed by atoms with Gasteiger partial charge < -0.3 is 19.7 Å². The summed E-state index contributed by atoms with van der Waals surface area (Å²) in [6.07, 6.45) is 0.435. The van der Waals surface area contributed by atoms with Crippen LogP contribution < -0.4 is 10.1 Å². The molecule has 1 aromatic heterocycles. The van der Waals surface area contributed by atoms with E-state index in [9.17, 15) is 9.59 Å². The van der Waals surface area contributed by atoms with Gasteiger partial charge in [-0.05, 0) is 57.5 Å². The van der Waals surface area contributed by atoms with Gasteiger partial charge in [-0.15, -0.1) is 0 Å². The van der Waals surface area contributed by atoms with Crippen LogP contribution in [0.25, 0.3) is 5.69 Å². The van der Waals surface area contributed by atoms with Crippen molar-refractivity contribution in [2.24, 2.45) is 0 Å². The number of rotatable bonds is 7. The molecule has 134 valence electrons. The number of aliphatic carboxylic acids is 1. The lowest BCUT2D eigenvalue weighted by Gasteiger charge is -2.13. The van der Waals surface area contributed by atoms with Crippen molar-refractivity contribution in [3.63, 3.8) is 0 Å². The third-order valence-corrected chi connectivity index (χ3v) is 4.18. The van der Waals surface area contributed by atoms with Gasteiger partial charge in [0.15, 0.2) is 0 Å². The van der Waals surface area contributed by atoms with Gasteiger partial charge in [-0.1, -0.05) is 0 Å². The van der Waals surface area contributed by atoms with Crippen LogP contribution >= 0.6 is 0 Å². The molecule has 6 nitrogen and oxygen atoms in total. The molecule has 1 atom stereocenters. The van der Waals surface area contributed by atoms with Crippen LogP contribution in [0.4, 0.5) is 0 Å². The number of hydrogen-bond acceptors (Lipinski definition) is 3. The lowest BCUT2D eigenvalue weighted by Crippen LogP contribution is -2.33. The number of carboxylic acids is 1. The van der Waals surface area contributed by atoms with Gasteiger partial charge in [-0.3, -0.25) is 9.59 Å². The number of carboxylic acid groups (broad SMARTS) is 1. The second-order valence-electron chi connectivity index (χ2n) is 6.13. The minimum Gasteiger partial charge on any atom is -0.497 e. The van der Waals surface area contributed by atoms with Gasteiger partial charge in [0.05, 0.1) is 12.7 Å². The van der Waals surface area contributed by atoms with Crippen molar-refractivity contribution in [3.8, 4) is 11.4 Å². The van der Waals surface area contributed by atoms with Crippen molar-refractivity contribution < 1.29 is 19.4 Å². The molecule has 2 N–H and O–H groups in total. The first-order valence-corrected chi connectivity index (χ1v) is 8.19. The second-order valence-corrected chi connectivity index (χ2v) is 6.13. The Kier molecular flexibility index (Phi) is 5.85. The van der Waals surface area contributed by atoms with Crippen LogP contribution in [-0.4, -0.2) is 34.7 Å². The molecule has 0 bridgehead atoms. The largest absolute Gasteiger partial charge is 0.497 e. The normalized spacial score (nSPS) is 11.8. The van der Waals surface area contributed by atoms with E-state index < -0.39 is 5.97 Å². The Hall–Kier alpha value is -2.76. The van der Waals surface area contributed by atoms with Crippen molar-refractivity contribution in [1.29, 1.82) is 0 Å². The Labute approximate surface area is 147 Å². The Morgan fingerprint density at radius 3 is 2.44 bits per heavy atom. The minimum atomic E-state index is -0.862. The Morgan fingerprint density at radius 2 is 1.88 bits per heavy atom. The molecule has 2 rings (SSSR count). The fourth-order valence-electron chi connectivity index (χ4n) is 2.83. The monoisotopic (exact) mass is 344 g/mol. The second kappa shape index (κ2) is 7.88. The fraction of sp³-hybridized carbons (Fsp3) is 0.368. The molecule has 1 aromatic carbocycles. The third-order valence-electron chi connectivity index (χ3n) is 4.18. The SMILES string of the molecule is COc1ccc(-n2c(C)cc(C(=O)NC(C)CCC(=O)O)c2C)cc1. The van der Waals surface area contributed by atoms with Crippen LogP contribution in [0.2, 0.25) is 0 Å². The van der Waals surface area contributed by atoms with Crippen molar-refractivity contribution in [2.75, 3.05) is 7.11 Å². The number of nitrogens with one attached hydrogen (secondary N) is 1. The molecular weight excluding hydrogens is 320 g/mol. The number of hydrogen-bond donors (Lipinski definition) is 2. The molecule has 1 heterocycles. The molecule has 1 unspecified atom stereocenters. The van der Waals surface area contributed by atoms with Crippen LogP contribution in [0.15, 0.2) is 30.3 Å². The lowest BCUT2D eigenvalue weighted by atomic mass is 10.1. The highest BCUT2D eigenvalue weighted by Gasteiger charge is 2.18. The van der Waals surface area contributed by atoms with E-state index in [2.05, 4.69) is 5.32 Å². The summed E-state index contributed by atoms with van der Waals surface area (Å²) in [6, 6.07) is 9.28. The van der Waals surface area contributed by atoms with E-state index in [1.54, 1.807) is 7.11 Å². The third kappa shape index (κ3) is 4.41. The van der Waals surface area contributed by atoms with Crippen LogP contribution in [0.5, 0.6) is 5.75 Å². The van der Waals surface area contributed by atoms with Crippen molar-refractivity contribution in [2.45, 2.75) is 39.7 Å². The molecule has 0 saturated heterocycles. The van der Waals surface area contributed by atoms with E-state index in [1.165, 1.54) is 0 Å². The Morgan fingerprint density at radius 1 is 1.24 bits per heavy atom. The minimum absolute atomic E-state index is 0.0340. The number of ether oxygens (including phenoxy) is 1. The number of aromatic nitrogens is 1. The van der Waals surface area contributed by atoms with Gasteiger partial charge in [0.25, 0.3) is 5.91 Å². The molecule has 6 heteroatoms. The first-order chi connectivity index (χ1) is 11.8. The van der Waals surface area contributed by atoms with Crippen molar-refractivity contribution >= 4 is 11.9 Å². The highest BCUT2D eigenvalue weighted by atomic mass is 16.5. The summed E-state index contributed by atoms with van der Waals surface area (Å²) in [4.78, 5) is 23.2. The zero-order valence-corrected chi connectivity index (χ0v) is 15.0. The smallest absolute Gasteiger partial charge is 0.303 e. The number of benzene rings is 1. The van der Waals surface area contributed by atoms with Crippen molar-refractivity contribution in [1.82, 2.24) is 9.88 Å². The maximum atomic E-state index is 12.5. The molecule has 0 aliphatic heterocycles. The molecule has 1 amide bonds. The van der Waals surface area contributed by atoms with E-state index in [4.69, 9.17) is 9.84 Å². The van der Waals surface area contributed by atoms with Crippen molar-refractivity contribution in [3.05, 3.63) is 47.3 Å². The lowest BCUT2D eigenvalue weighted by molar-refractivity contribution is -0.137. The first kappa shape index (κ1) is 18.6. The van der Waals surface area contributed by atoms with Gasteiger partial charge in [-0.2, -0.15) is 0 Å². The van der Waals surface area contributed by atoms with Crippen LogP contribution in [-0.2, 0) is 4.79 Å². The van der Waals surface area contributed by atoms with E-state index >= 15 is 0 Å². The zero-order chi connectivity index (χ0) is 18.6. The maximum absolute atomic E-state index is 12.5. The van der Waals surface area contributed by atoms with Gasteiger partial charge >= 0.3 is 5.97 Å². The molecular formula is C19H24N2O4. The molecule has 0 saturated carbocycles. The van der Waals surface area contributed by atoms with Crippen LogP contribution in [0.3, 0.4) is 0 Å². The highest BCUT2D eigenvalue weighted by molar-refractivity contribution is 5.96. The zero-order valence-electron chi connectivity index (χ0n) is 15.0. The van der Waals surface area contributed by atoms with E-state index in [1.807, 2.05) is 55.7 Å². The number of aryl methyl sites for hydroxylation is 1. The summed E-state index contributed by atoms with van der Waals surface area (Å²) >= 11 is 0.